The summed E-state index contributed by atoms with van der Waals surface area (Å²) in [5.74, 6) is -0.266. The molecule has 1 rings (SSSR count). The van der Waals surface area contributed by atoms with Crippen LogP contribution in [0.3, 0.4) is 0 Å². The van der Waals surface area contributed by atoms with E-state index in [1.807, 2.05) is 12.3 Å². The van der Waals surface area contributed by atoms with Crippen molar-refractivity contribution in [3.63, 3.8) is 0 Å². The summed E-state index contributed by atoms with van der Waals surface area (Å²) < 4.78 is 9.80. The maximum Gasteiger partial charge on any atom is 0.311 e. The smallest absolute Gasteiger partial charge is 0.311 e. The molecule has 6 heteroatoms. The van der Waals surface area contributed by atoms with Crippen LogP contribution in [0.5, 0.6) is 0 Å². The molecule has 0 amide bonds. The number of aromatic nitrogens is 1. The van der Waals surface area contributed by atoms with Crippen LogP contribution >= 0.6 is 11.3 Å². The molecule has 1 N–H and O–H groups in total. The summed E-state index contributed by atoms with van der Waals surface area (Å²) >= 11 is 1.49. The van der Waals surface area contributed by atoms with Gasteiger partial charge in [0.25, 0.3) is 0 Å². The average Bonchev–Trinajstić information content (AvgIpc) is 2.76. The van der Waals surface area contributed by atoms with Crippen LogP contribution in [0.25, 0.3) is 0 Å². The van der Waals surface area contributed by atoms with E-state index in [2.05, 4.69) is 15.0 Å². The molecule has 0 spiro atoms. The van der Waals surface area contributed by atoms with Gasteiger partial charge in [0.2, 0.25) is 0 Å². The molecule has 0 aliphatic heterocycles. The zero-order chi connectivity index (χ0) is 12.5. The van der Waals surface area contributed by atoms with Crippen molar-refractivity contribution in [3.05, 3.63) is 11.1 Å². The number of methoxy groups -OCH3 is 1. The second-order valence-electron chi connectivity index (χ2n) is 3.37. The van der Waals surface area contributed by atoms with Crippen molar-refractivity contribution in [3.8, 4) is 0 Å². The number of hydrogen-bond acceptors (Lipinski definition) is 6. The van der Waals surface area contributed by atoms with Gasteiger partial charge < -0.3 is 14.8 Å². The molecular weight excluding hydrogens is 240 g/mol. The lowest BCUT2D eigenvalue weighted by Gasteiger charge is -2.02. The molecule has 0 saturated carbocycles. The van der Waals surface area contributed by atoms with Crippen LogP contribution in [-0.2, 0) is 20.7 Å². The van der Waals surface area contributed by atoms with Gasteiger partial charge in [-0.25, -0.2) is 4.98 Å². The van der Waals surface area contributed by atoms with Gasteiger partial charge in [-0.2, -0.15) is 0 Å². The first-order valence-corrected chi connectivity index (χ1v) is 6.47. The number of carbonyl (C=O) groups is 1. The SMILES string of the molecule is CCOCCCNc1nc(CC(=O)OC)cs1. The van der Waals surface area contributed by atoms with Crippen LogP contribution in [0.4, 0.5) is 5.13 Å². The van der Waals surface area contributed by atoms with Crippen LogP contribution < -0.4 is 5.32 Å². The molecule has 0 aliphatic carbocycles. The Labute approximate surface area is 105 Å². The average molecular weight is 258 g/mol. The number of nitrogens with zero attached hydrogens (tertiary/aromatic N) is 1. The van der Waals surface area contributed by atoms with Crippen LogP contribution in [0.1, 0.15) is 19.0 Å². The third-order valence-electron chi connectivity index (χ3n) is 2.05. The van der Waals surface area contributed by atoms with Crippen LogP contribution in [0.15, 0.2) is 5.38 Å². The highest BCUT2D eigenvalue weighted by Gasteiger charge is 2.06. The molecule has 0 bridgehead atoms. The van der Waals surface area contributed by atoms with E-state index >= 15 is 0 Å². The van der Waals surface area contributed by atoms with E-state index < -0.39 is 0 Å². The second-order valence-corrected chi connectivity index (χ2v) is 4.23. The molecule has 0 radical (unpaired) electrons. The fraction of sp³-hybridized carbons (Fsp3) is 0.636. The highest BCUT2D eigenvalue weighted by molar-refractivity contribution is 7.13. The Kier molecular flexibility index (Phi) is 6.57. The summed E-state index contributed by atoms with van der Waals surface area (Å²) in [6.07, 6.45) is 1.17. The molecule has 0 aromatic carbocycles. The lowest BCUT2D eigenvalue weighted by molar-refractivity contribution is -0.139. The van der Waals surface area contributed by atoms with Crippen molar-refractivity contribution in [1.29, 1.82) is 0 Å². The molecule has 0 aliphatic rings. The molecule has 0 saturated heterocycles. The Bertz CT molecular complexity index is 341. The number of nitrogens with one attached hydrogen (secondary N) is 1. The lowest BCUT2D eigenvalue weighted by Crippen LogP contribution is -2.07. The van der Waals surface area contributed by atoms with Crippen molar-refractivity contribution < 1.29 is 14.3 Å². The standard InChI is InChI=1S/C11H18N2O3S/c1-3-16-6-4-5-12-11-13-9(8-17-11)7-10(14)15-2/h8H,3-7H2,1-2H3,(H,12,13). The van der Waals surface area contributed by atoms with E-state index in [1.54, 1.807) is 0 Å². The first-order chi connectivity index (χ1) is 8.26. The lowest BCUT2D eigenvalue weighted by atomic mass is 10.3. The minimum absolute atomic E-state index is 0.230. The normalized spacial score (nSPS) is 10.2. The quantitative estimate of drug-likeness (QED) is 0.568. The summed E-state index contributed by atoms with van der Waals surface area (Å²) in [7, 11) is 1.38. The predicted molar refractivity (Wildman–Crippen MR) is 67.4 cm³/mol. The summed E-state index contributed by atoms with van der Waals surface area (Å²) in [6.45, 7) is 4.31. The minimum Gasteiger partial charge on any atom is -0.469 e. The number of rotatable bonds is 8. The summed E-state index contributed by atoms with van der Waals surface area (Å²) in [5, 5.41) is 5.89. The number of thiazole rings is 1. The van der Waals surface area contributed by atoms with Crippen molar-refractivity contribution >= 4 is 22.4 Å². The maximum absolute atomic E-state index is 11.0. The van der Waals surface area contributed by atoms with Gasteiger partial charge in [-0.3, -0.25) is 4.79 Å². The molecule has 1 aromatic heterocycles. The first kappa shape index (κ1) is 13.9. The van der Waals surface area contributed by atoms with E-state index in [0.29, 0.717) is 0 Å². The largest absolute Gasteiger partial charge is 0.469 e. The van der Waals surface area contributed by atoms with Gasteiger partial charge in [0, 0.05) is 25.1 Å². The molecule has 1 aromatic rings. The Morgan fingerprint density at radius 1 is 1.59 bits per heavy atom. The summed E-state index contributed by atoms with van der Waals surface area (Å²) in [4.78, 5) is 15.3. The van der Waals surface area contributed by atoms with E-state index in [1.165, 1.54) is 18.4 Å². The summed E-state index contributed by atoms with van der Waals surface area (Å²) in [6, 6.07) is 0. The van der Waals surface area contributed by atoms with E-state index in [4.69, 9.17) is 4.74 Å². The number of anilines is 1. The van der Waals surface area contributed by atoms with Gasteiger partial charge in [0.1, 0.15) is 0 Å². The highest BCUT2D eigenvalue weighted by atomic mass is 32.1. The van der Waals surface area contributed by atoms with Crippen molar-refractivity contribution in [2.45, 2.75) is 19.8 Å². The predicted octanol–water partition coefficient (Wildman–Crippen LogP) is 1.70. The minimum atomic E-state index is -0.266. The third kappa shape index (κ3) is 5.65. The monoisotopic (exact) mass is 258 g/mol. The first-order valence-electron chi connectivity index (χ1n) is 5.59. The molecular formula is C11H18N2O3S. The zero-order valence-electron chi connectivity index (χ0n) is 10.2. The van der Waals surface area contributed by atoms with Gasteiger partial charge >= 0.3 is 5.97 Å². The molecule has 17 heavy (non-hydrogen) atoms. The van der Waals surface area contributed by atoms with Crippen molar-refractivity contribution in [2.24, 2.45) is 0 Å². The zero-order valence-corrected chi connectivity index (χ0v) is 11.0. The van der Waals surface area contributed by atoms with Crippen LogP contribution in [-0.4, -0.2) is 37.8 Å². The van der Waals surface area contributed by atoms with Crippen LogP contribution in [0.2, 0.25) is 0 Å². The van der Waals surface area contributed by atoms with Gasteiger partial charge in [0.05, 0.1) is 19.2 Å². The van der Waals surface area contributed by atoms with Crippen LogP contribution in [0, 0.1) is 0 Å². The molecule has 0 fully saturated rings. The van der Waals surface area contributed by atoms with Gasteiger partial charge in [0.15, 0.2) is 5.13 Å². The van der Waals surface area contributed by atoms with Gasteiger partial charge in [-0.15, -0.1) is 11.3 Å². The number of ether oxygens (including phenoxy) is 2. The fourth-order valence-electron chi connectivity index (χ4n) is 1.20. The van der Waals surface area contributed by atoms with E-state index in [9.17, 15) is 4.79 Å². The fourth-order valence-corrected chi connectivity index (χ4v) is 1.94. The number of hydrogen-bond donors (Lipinski definition) is 1. The summed E-state index contributed by atoms with van der Waals surface area (Å²) in [5.41, 5.74) is 0.745. The molecule has 5 nitrogen and oxygen atoms in total. The Hall–Kier alpha value is -1.14. The molecule has 0 unspecified atom stereocenters. The van der Waals surface area contributed by atoms with E-state index in [-0.39, 0.29) is 12.4 Å². The molecule has 96 valence electrons. The van der Waals surface area contributed by atoms with E-state index in [0.717, 1.165) is 37.0 Å². The van der Waals surface area contributed by atoms with Gasteiger partial charge in [-0.05, 0) is 13.3 Å². The van der Waals surface area contributed by atoms with Crippen molar-refractivity contribution in [1.82, 2.24) is 4.98 Å². The Balaban J connectivity index is 2.23. The topological polar surface area (TPSA) is 60.5 Å². The number of carbonyl (C=O) groups excluding carboxylic acids is 1. The number of esters is 1. The van der Waals surface area contributed by atoms with Crippen molar-refractivity contribution in [2.75, 3.05) is 32.2 Å². The Morgan fingerprint density at radius 2 is 2.41 bits per heavy atom. The molecule has 1 heterocycles. The Morgan fingerprint density at radius 3 is 3.12 bits per heavy atom. The van der Waals surface area contributed by atoms with Gasteiger partial charge in [-0.1, -0.05) is 0 Å². The second kappa shape index (κ2) is 8.03. The highest BCUT2D eigenvalue weighted by Crippen LogP contribution is 2.15. The maximum atomic E-state index is 11.0. The molecule has 0 atom stereocenters. The third-order valence-corrected chi connectivity index (χ3v) is 2.90.